The number of ether oxygens (including phenoxy) is 1. The van der Waals surface area contributed by atoms with Crippen LogP contribution < -0.4 is 10.1 Å². The van der Waals surface area contributed by atoms with Crippen molar-refractivity contribution in [2.24, 2.45) is 0 Å². The highest BCUT2D eigenvalue weighted by Gasteiger charge is 2.11. The fourth-order valence-electron chi connectivity index (χ4n) is 2.50. The highest BCUT2D eigenvalue weighted by molar-refractivity contribution is 6.30. The van der Waals surface area contributed by atoms with Gasteiger partial charge < -0.3 is 10.1 Å². The Labute approximate surface area is 119 Å². The van der Waals surface area contributed by atoms with Gasteiger partial charge in [-0.2, -0.15) is 0 Å². The van der Waals surface area contributed by atoms with Crippen molar-refractivity contribution in [1.29, 1.82) is 0 Å². The lowest BCUT2D eigenvalue weighted by Crippen LogP contribution is -2.32. The number of nitrogens with one attached hydrogen (secondary N) is 1. The number of halogens is 2. The Morgan fingerprint density at radius 2 is 1.95 bits per heavy atom. The monoisotopic (exact) mass is 285 g/mol. The second kappa shape index (κ2) is 7.71. The van der Waals surface area contributed by atoms with Crippen molar-refractivity contribution in [2.45, 2.75) is 44.6 Å². The third-order valence-corrected chi connectivity index (χ3v) is 3.86. The van der Waals surface area contributed by atoms with E-state index >= 15 is 0 Å². The lowest BCUT2D eigenvalue weighted by Gasteiger charge is -2.16. The molecule has 19 heavy (non-hydrogen) atoms. The van der Waals surface area contributed by atoms with Gasteiger partial charge in [0.05, 0.1) is 5.02 Å². The van der Waals surface area contributed by atoms with E-state index in [1.165, 1.54) is 44.6 Å². The van der Waals surface area contributed by atoms with Crippen molar-refractivity contribution < 1.29 is 9.13 Å². The number of rotatable bonds is 5. The summed E-state index contributed by atoms with van der Waals surface area (Å²) in [4.78, 5) is 0. The van der Waals surface area contributed by atoms with Crippen LogP contribution in [0.2, 0.25) is 5.02 Å². The van der Waals surface area contributed by atoms with E-state index in [0.29, 0.717) is 12.6 Å². The van der Waals surface area contributed by atoms with E-state index in [9.17, 15) is 4.39 Å². The second-order valence-corrected chi connectivity index (χ2v) is 5.45. The highest BCUT2D eigenvalue weighted by atomic mass is 35.5. The van der Waals surface area contributed by atoms with E-state index in [0.717, 1.165) is 6.54 Å². The molecule has 0 spiro atoms. The zero-order valence-electron chi connectivity index (χ0n) is 11.1. The SMILES string of the molecule is Fc1c(Cl)cccc1OCCNC1CCCCCC1. The molecule has 0 heterocycles. The lowest BCUT2D eigenvalue weighted by atomic mass is 10.1. The van der Waals surface area contributed by atoms with Gasteiger partial charge >= 0.3 is 0 Å². The predicted octanol–water partition coefficient (Wildman–Crippen LogP) is 4.17. The molecule has 1 N–H and O–H groups in total. The summed E-state index contributed by atoms with van der Waals surface area (Å²) < 4.78 is 19.0. The first-order valence-electron chi connectivity index (χ1n) is 7.07. The Hall–Kier alpha value is -0.800. The molecule has 1 fully saturated rings. The Balaban J connectivity index is 1.70. The molecule has 4 heteroatoms. The summed E-state index contributed by atoms with van der Waals surface area (Å²) in [5, 5.41) is 3.59. The van der Waals surface area contributed by atoms with Crippen molar-refractivity contribution in [3.05, 3.63) is 29.0 Å². The summed E-state index contributed by atoms with van der Waals surface area (Å²) in [6, 6.07) is 5.41. The van der Waals surface area contributed by atoms with Gasteiger partial charge in [-0.15, -0.1) is 0 Å². The lowest BCUT2D eigenvalue weighted by molar-refractivity contribution is 0.287. The smallest absolute Gasteiger partial charge is 0.183 e. The van der Waals surface area contributed by atoms with Crippen LogP contribution in [0.3, 0.4) is 0 Å². The summed E-state index contributed by atoms with van der Waals surface area (Å²) in [5.74, 6) is -0.242. The number of hydrogen-bond acceptors (Lipinski definition) is 2. The van der Waals surface area contributed by atoms with Crippen LogP contribution in [-0.4, -0.2) is 19.2 Å². The van der Waals surface area contributed by atoms with Gasteiger partial charge in [-0.1, -0.05) is 43.4 Å². The minimum atomic E-state index is -0.473. The van der Waals surface area contributed by atoms with Crippen LogP contribution in [0.25, 0.3) is 0 Å². The normalized spacial score (nSPS) is 17.2. The molecule has 0 bridgehead atoms. The zero-order chi connectivity index (χ0) is 13.5. The van der Waals surface area contributed by atoms with Crippen LogP contribution in [0, 0.1) is 5.82 Å². The second-order valence-electron chi connectivity index (χ2n) is 5.04. The van der Waals surface area contributed by atoms with Gasteiger partial charge in [0.1, 0.15) is 6.61 Å². The highest BCUT2D eigenvalue weighted by Crippen LogP contribution is 2.23. The van der Waals surface area contributed by atoms with Gasteiger partial charge in [0.25, 0.3) is 0 Å². The molecule has 0 amide bonds. The molecule has 2 rings (SSSR count). The average Bonchev–Trinajstić information content (AvgIpc) is 2.68. The summed E-state index contributed by atoms with van der Waals surface area (Å²) in [6.45, 7) is 1.21. The maximum absolute atomic E-state index is 13.6. The molecule has 0 atom stereocenters. The van der Waals surface area contributed by atoms with Gasteiger partial charge in [0, 0.05) is 12.6 Å². The number of hydrogen-bond donors (Lipinski definition) is 1. The molecule has 106 valence electrons. The van der Waals surface area contributed by atoms with E-state index in [1.54, 1.807) is 12.1 Å². The third kappa shape index (κ3) is 4.66. The Morgan fingerprint density at radius 1 is 1.21 bits per heavy atom. The van der Waals surface area contributed by atoms with E-state index < -0.39 is 5.82 Å². The van der Waals surface area contributed by atoms with E-state index in [2.05, 4.69) is 5.32 Å². The van der Waals surface area contributed by atoms with Crippen LogP contribution in [-0.2, 0) is 0 Å². The van der Waals surface area contributed by atoms with Gasteiger partial charge in [-0.3, -0.25) is 0 Å². The van der Waals surface area contributed by atoms with Gasteiger partial charge in [-0.05, 0) is 25.0 Å². The Bertz CT molecular complexity index is 392. The molecule has 0 radical (unpaired) electrons. The first-order valence-corrected chi connectivity index (χ1v) is 7.45. The molecule has 0 unspecified atom stereocenters. The topological polar surface area (TPSA) is 21.3 Å². The van der Waals surface area contributed by atoms with E-state index in [4.69, 9.17) is 16.3 Å². The van der Waals surface area contributed by atoms with Crippen molar-refractivity contribution in [3.63, 3.8) is 0 Å². The summed E-state index contributed by atoms with van der Waals surface area (Å²) in [7, 11) is 0. The average molecular weight is 286 g/mol. The summed E-state index contributed by atoms with van der Waals surface area (Å²) in [5.41, 5.74) is 0. The molecule has 1 aromatic carbocycles. The first kappa shape index (κ1) is 14.6. The Kier molecular flexibility index (Phi) is 5.93. The molecule has 1 aliphatic carbocycles. The third-order valence-electron chi connectivity index (χ3n) is 3.56. The fourth-order valence-corrected chi connectivity index (χ4v) is 2.67. The van der Waals surface area contributed by atoms with Crippen LogP contribution in [0.5, 0.6) is 5.75 Å². The molecule has 1 aliphatic rings. The maximum atomic E-state index is 13.6. The minimum Gasteiger partial charge on any atom is -0.489 e. The quantitative estimate of drug-likeness (QED) is 0.647. The predicted molar refractivity (Wildman–Crippen MR) is 76.4 cm³/mol. The zero-order valence-corrected chi connectivity index (χ0v) is 11.9. The van der Waals surface area contributed by atoms with Crippen molar-refractivity contribution in [1.82, 2.24) is 5.32 Å². The van der Waals surface area contributed by atoms with Crippen LogP contribution in [0.1, 0.15) is 38.5 Å². The van der Waals surface area contributed by atoms with E-state index in [1.807, 2.05) is 0 Å². The van der Waals surface area contributed by atoms with Gasteiger partial charge in [0.15, 0.2) is 11.6 Å². The van der Waals surface area contributed by atoms with Gasteiger partial charge in [0.2, 0.25) is 0 Å². The van der Waals surface area contributed by atoms with Crippen molar-refractivity contribution in [3.8, 4) is 5.75 Å². The molecule has 1 saturated carbocycles. The van der Waals surface area contributed by atoms with Crippen LogP contribution in [0.4, 0.5) is 4.39 Å². The summed E-state index contributed by atoms with van der Waals surface area (Å²) >= 11 is 5.70. The van der Waals surface area contributed by atoms with Crippen molar-refractivity contribution >= 4 is 11.6 Å². The molecule has 1 aromatic rings. The minimum absolute atomic E-state index is 0.106. The first-order chi connectivity index (χ1) is 9.27. The standard InChI is InChI=1S/C15H21ClFNO/c16-13-8-5-9-14(15(13)17)19-11-10-18-12-6-3-1-2-4-7-12/h5,8-9,12,18H,1-4,6-7,10-11H2. The molecule has 0 aliphatic heterocycles. The fraction of sp³-hybridized carbons (Fsp3) is 0.600. The molecule has 0 saturated heterocycles. The number of benzene rings is 1. The van der Waals surface area contributed by atoms with Crippen LogP contribution in [0.15, 0.2) is 18.2 Å². The van der Waals surface area contributed by atoms with Crippen molar-refractivity contribution in [2.75, 3.05) is 13.2 Å². The molecule has 2 nitrogen and oxygen atoms in total. The van der Waals surface area contributed by atoms with Crippen LogP contribution >= 0.6 is 11.6 Å². The van der Waals surface area contributed by atoms with E-state index in [-0.39, 0.29) is 10.8 Å². The van der Waals surface area contributed by atoms with Gasteiger partial charge in [-0.25, -0.2) is 4.39 Å². The largest absolute Gasteiger partial charge is 0.489 e. The Morgan fingerprint density at radius 3 is 2.68 bits per heavy atom. The molecular formula is C15H21ClFNO. The molecule has 0 aromatic heterocycles. The summed E-state index contributed by atoms with van der Waals surface area (Å²) in [6.07, 6.45) is 7.80. The molecular weight excluding hydrogens is 265 g/mol. The maximum Gasteiger partial charge on any atom is 0.183 e.